The molecule has 2 aromatic rings. The first kappa shape index (κ1) is 23.5. The Balaban J connectivity index is 1.53. The first-order valence-corrected chi connectivity index (χ1v) is 11.9. The summed E-state index contributed by atoms with van der Waals surface area (Å²) in [6.45, 7) is 0.905. The number of ether oxygens (including phenoxy) is 1. The fraction of sp³-hybridized carbons (Fsp3) is 0.409. The van der Waals surface area contributed by atoms with Crippen molar-refractivity contribution in [2.75, 3.05) is 13.1 Å². The average molecular weight is 484 g/mol. The summed E-state index contributed by atoms with van der Waals surface area (Å²) in [5.41, 5.74) is -0.805. The fourth-order valence-electron chi connectivity index (χ4n) is 4.14. The Hall–Kier alpha value is -2.63. The minimum absolute atomic E-state index is 0.0751. The molecule has 33 heavy (non-hydrogen) atoms. The van der Waals surface area contributed by atoms with Crippen LogP contribution in [0.1, 0.15) is 31.2 Å². The van der Waals surface area contributed by atoms with E-state index in [9.17, 15) is 26.4 Å². The summed E-state index contributed by atoms with van der Waals surface area (Å²) < 4.78 is 68.8. The molecule has 1 saturated heterocycles. The molecule has 1 aliphatic carbocycles. The Morgan fingerprint density at radius 2 is 1.48 bits per heavy atom. The van der Waals surface area contributed by atoms with Gasteiger partial charge in [-0.25, -0.2) is 13.2 Å². The zero-order chi connectivity index (χ0) is 23.9. The molecule has 4 rings (SSSR count). The van der Waals surface area contributed by atoms with Crippen molar-refractivity contribution in [2.45, 2.75) is 47.5 Å². The molecule has 0 atom stereocenters. The maximum atomic E-state index is 13.5. The summed E-state index contributed by atoms with van der Waals surface area (Å²) in [6, 6.07) is 9.94. The summed E-state index contributed by atoms with van der Waals surface area (Å²) in [5, 5.41) is 0. The van der Waals surface area contributed by atoms with E-state index in [1.165, 1.54) is 36.4 Å². The van der Waals surface area contributed by atoms with Crippen LogP contribution in [0.5, 0.6) is 11.5 Å². The van der Waals surface area contributed by atoms with Crippen molar-refractivity contribution < 1.29 is 36.0 Å². The maximum absolute atomic E-state index is 13.5. The molecule has 2 aromatic carbocycles. The standard InChI is InChI=1S/C22H23F3N2O5S/c23-22(24,25)15-1-5-17(6-2-15)31-18-7-9-19(10-8-18)33(29,30)21(20(28)32-26)11-13-27(14-12-21)16-3-4-16/h1-2,5-10,16H,3-4,11-14,26H2. The Morgan fingerprint density at radius 1 is 0.970 bits per heavy atom. The number of piperidine rings is 1. The lowest BCUT2D eigenvalue weighted by Crippen LogP contribution is -2.55. The number of nitrogens with zero attached hydrogens (tertiary/aromatic N) is 1. The van der Waals surface area contributed by atoms with Gasteiger partial charge in [0.15, 0.2) is 14.6 Å². The van der Waals surface area contributed by atoms with E-state index < -0.39 is 32.3 Å². The summed E-state index contributed by atoms with van der Waals surface area (Å²) in [7, 11) is -4.14. The highest BCUT2D eigenvalue weighted by Crippen LogP contribution is 2.40. The first-order valence-electron chi connectivity index (χ1n) is 10.4. The third-order valence-electron chi connectivity index (χ3n) is 6.21. The number of halogens is 3. The summed E-state index contributed by atoms with van der Waals surface area (Å²) in [5.74, 6) is 4.51. The highest BCUT2D eigenvalue weighted by atomic mass is 32.2. The number of rotatable bonds is 6. The number of sulfone groups is 1. The molecule has 2 fully saturated rings. The monoisotopic (exact) mass is 484 g/mol. The zero-order valence-corrected chi connectivity index (χ0v) is 18.4. The van der Waals surface area contributed by atoms with E-state index in [1.807, 2.05) is 0 Å². The summed E-state index contributed by atoms with van der Waals surface area (Å²) in [4.78, 5) is 19.1. The quantitative estimate of drug-likeness (QED) is 0.625. The third-order valence-corrected chi connectivity index (χ3v) is 8.71. The van der Waals surface area contributed by atoms with Gasteiger partial charge in [-0.3, -0.25) is 0 Å². The normalized spacial score (nSPS) is 19.2. The second kappa shape index (κ2) is 8.62. The molecule has 0 aromatic heterocycles. The number of carbonyl (C=O) groups excluding carboxylic acids is 1. The molecule has 0 amide bonds. The topological polar surface area (TPSA) is 98.9 Å². The van der Waals surface area contributed by atoms with Crippen LogP contribution in [0.15, 0.2) is 53.4 Å². The van der Waals surface area contributed by atoms with Gasteiger partial charge in [-0.2, -0.15) is 19.1 Å². The maximum Gasteiger partial charge on any atom is 0.416 e. The van der Waals surface area contributed by atoms with E-state index in [0.717, 1.165) is 25.0 Å². The number of carbonyl (C=O) groups is 1. The summed E-state index contributed by atoms with van der Waals surface area (Å²) >= 11 is 0. The zero-order valence-electron chi connectivity index (χ0n) is 17.5. The molecule has 0 bridgehead atoms. The Kier molecular flexibility index (Phi) is 6.14. The van der Waals surface area contributed by atoms with Crippen LogP contribution in [0.2, 0.25) is 0 Å². The van der Waals surface area contributed by atoms with Gasteiger partial charge in [0.25, 0.3) is 0 Å². The van der Waals surface area contributed by atoms with Crippen LogP contribution < -0.4 is 10.6 Å². The average Bonchev–Trinajstić information content (AvgIpc) is 3.64. The van der Waals surface area contributed by atoms with Crippen LogP contribution in [-0.4, -0.2) is 43.2 Å². The van der Waals surface area contributed by atoms with Gasteiger partial charge in [0.05, 0.1) is 10.5 Å². The largest absolute Gasteiger partial charge is 0.457 e. The molecule has 0 radical (unpaired) electrons. The van der Waals surface area contributed by atoms with Crippen molar-refractivity contribution in [1.82, 2.24) is 4.90 Å². The number of likely N-dealkylation sites (tertiary alicyclic amines) is 1. The van der Waals surface area contributed by atoms with Crippen molar-refractivity contribution in [3.8, 4) is 11.5 Å². The van der Waals surface area contributed by atoms with Gasteiger partial charge in [0.1, 0.15) is 11.5 Å². The van der Waals surface area contributed by atoms with Gasteiger partial charge >= 0.3 is 12.1 Å². The second-order valence-corrected chi connectivity index (χ2v) is 10.5. The minimum atomic E-state index is -4.45. The Bertz CT molecular complexity index is 1110. The molecular weight excluding hydrogens is 461 g/mol. The molecule has 1 heterocycles. The lowest BCUT2D eigenvalue weighted by molar-refractivity contribution is -0.149. The van der Waals surface area contributed by atoms with Gasteiger partial charge in [-0.1, -0.05) is 0 Å². The lowest BCUT2D eigenvalue weighted by atomic mass is 9.95. The van der Waals surface area contributed by atoms with E-state index in [2.05, 4.69) is 9.74 Å². The molecule has 0 spiro atoms. The minimum Gasteiger partial charge on any atom is -0.457 e. The lowest BCUT2D eigenvalue weighted by Gasteiger charge is -2.38. The van der Waals surface area contributed by atoms with Crippen LogP contribution in [0.4, 0.5) is 13.2 Å². The van der Waals surface area contributed by atoms with Crippen LogP contribution in [-0.2, 0) is 25.6 Å². The smallest absolute Gasteiger partial charge is 0.416 e. The number of alkyl halides is 3. The van der Waals surface area contributed by atoms with Crippen LogP contribution in [0.3, 0.4) is 0 Å². The van der Waals surface area contributed by atoms with Gasteiger partial charge in [0.2, 0.25) is 0 Å². The van der Waals surface area contributed by atoms with Crippen molar-refractivity contribution >= 4 is 15.8 Å². The van der Waals surface area contributed by atoms with Gasteiger partial charge in [-0.15, -0.1) is 0 Å². The van der Waals surface area contributed by atoms with E-state index in [-0.39, 0.29) is 29.2 Å². The number of nitrogens with two attached hydrogens (primary N) is 1. The molecular formula is C22H23F3N2O5S. The molecule has 2 N–H and O–H groups in total. The molecule has 178 valence electrons. The molecule has 11 heteroatoms. The van der Waals surface area contributed by atoms with Gasteiger partial charge in [-0.05, 0) is 74.2 Å². The summed E-state index contributed by atoms with van der Waals surface area (Å²) in [6.07, 6.45) is -2.16. The fourth-order valence-corrected chi connectivity index (χ4v) is 6.07. The molecule has 1 aliphatic heterocycles. The molecule has 0 unspecified atom stereocenters. The highest BCUT2D eigenvalue weighted by molar-refractivity contribution is 7.93. The van der Waals surface area contributed by atoms with E-state index in [1.54, 1.807) is 0 Å². The van der Waals surface area contributed by atoms with E-state index >= 15 is 0 Å². The van der Waals surface area contributed by atoms with E-state index in [4.69, 9.17) is 10.6 Å². The molecule has 7 nitrogen and oxygen atoms in total. The van der Waals surface area contributed by atoms with Crippen molar-refractivity contribution in [3.05, 3.63) is 54.1 Å². The van der Waals surface area contributed by atoms with Crippen molar-refractivity contribution in [1.29, 1.82) is 0 Å². The van der Waals surface area contributed by atoms with Crippen LogP contribution in [0.25, 0.3) is 0 Å². The number of benzene rings is 2. The molecule has 2 aliphatic rings. The van der Waals surface area contributed by atoms with E-state index in [0.29, 0.717) is 19.1 Å². The Morgan fingerprint density at radius 3 is 1.94 bits per heavy atom. The SMILES string of the molecule is NOC(=O)C1(S(=O)(=O)c2ccc(Oc3ccc(C(F)(F)F)cc3)cc2)CCN(C2CC2)CC1. The van der Waals surface area contributed by atoms with Crippen LogP contribution >= 0.6 is 0 Å². The Labute approximate surface area is 189 Å². The second-order valence-electron chi connectivity index (χ2n) is 8.27. The predicted molar refractivity (Wildman–Crippen MR) is 112 cm³/mol. The highest BCUT2D eigenvalue weighted by Gasteiger charge is 2.55. The predicted octanol–water partition coefficient (Wildman–Crippen LogP) is 3.69. The number of hydrogen-bond donors (Lipinski definition) is 1. The van der Waals surface area contributed by atoms with Gasteiger partial charge < -0.3 is 14.5 Å². The number of hydrogen-bond acceptors (Lipinski definition) is 7. The first-order chi connectivity index (χ1) is 15.6. The van der Waals surface area contributed by atoms with Crippen molar-refractivity contribution in [3.63, 3.8) is 0 Å². The van der Waals surface area contributed by atoms with Gasteiger partial charge in [0, 0.05) is 19.1 Å². The third kappa shape index (κ3) is 4.57. The van der Waals surface area contributed by atoms with Crippen molar-refractivity contribution in [2.24, 2.45) is 5.90 Å². The van der Waals surface area contributed by atoms with Crippen LogP contribution in [0, 0.1) is 0 Å². The molecule has 1 saturated carbocycles.